The molecule has 0 radical (unpaired) electrons. The molecule has 1 saturated heterocycles. The van der Waals surface area contributed by atoms with Crippen LogP contribution in [0.4, 0.5) is 0 Å². The molecule has 1 rings (SSSR count). The number of unbranched alkanes of at least 4 members (excludes halogenated alkanes) is 6. The van der Waals surface area contributed by atoms with Gasteiger partial charge in [0.25, 0.3) is 11.8 Å². The number of thioether (sulfide) groups is 1. The quantitative estimate of drug-likeness (QED) is 0.112. The van der Waals surface area contributed by atoms with Crippen molar-refractivity contribution in [2.24, 2.45) is 0 Å². The minimum Gasteiger partial charge on any atom is -0.877 e. The van der Waals surface area contributed by atoms with Gasteiger partial charge in [0, 0.05) is 6.54 Å². The van der Waals surface area contributed by atoms with Crippen LogP contribution < -0.4 is 34.7 Å². The van der Waals surface area contributed by atoms with Crippen molar-refractivity contribution < 1.29 is 44.3 Å². The first-order valence-corrected chi connectivity index (χ1v) is 15.0. The Morgan fingerprint density at radius 1 is 0.867 bits per heavy atom. The van der Waals surface area contributed by atoms with Gasteiger partial charge in [0.05, 0.1) is 11.4 Å². The van der Waals surface area contributed by atoms with E-state index in [1.807, 2.05) is 11.8 Å². The van der Waals surface area contributed by atoms with E-state index >= 15 is 0 Å². The molecule has 30 heavy (non-hydrogen) atoms. The van der Waals surface area contributed by atoms with Gasteiger partial charge in [-0.05, 0) is 49.0 Å². The SMILES string of the molecule is CCCCCCSCCCN1C(=O)/C(=C/[O-])C(=O)N1CS(C)(C)CCCCCC.[Na+]. The molecule has 1 fully saturated rings. The van der Waals surface area contributed by atoms with Gasteiger partial charge in [0.1, 0.15) is 0 Å². The van der Waals surface area contributed by atoms with Gasteiger partial charge in [-0.25, -0.2) is 20.0 Å². The Labute approximate surface area is 212 Å². The first-order chi connectivity index (χ1) is 13.9. The molecule has 0 aromatic rings. The molecule has 1 aliphatic rings. The third-order valence-corrected chi connectivity index (χ3v) is 8.65. The summed E-state index contributed by atoms with van der Waals surface area (Å²) < 4.78 is 0. The molecule has 0 bridgehead atoms. The third-order valence-electron chi connectivity index (χ3n) is 5.16. The monoisotopic (exact) mass is 468 g/mol. The molecule has 0 aliphatic carbocycles. The number of nitrogens with zero attached hydrogens (tertiary/aromatic N) is 2. The minimum atomic E-state index is -1.04. The average molecular weight is 469 g/mol. The molecular formula is C22H41N2NaO3S2. The minimum absolute atomic E-state index is 0. The normalized spacial score (nSPS) is 16.5. The Morgan fingerprint density at radius 3 is 2.03 bits per heavy atom. The van der Waals surface area contributed by atoms with Crippen LogP contribution in [0.15, 0.2) is 11.8 Å². The zero-order valence-electron chi connectivity index (χ0n) is 19.9. The second-order valence-corrected chi connectivity index (χ2v) is 13.8. The van der Waals surface area contributed by atoms with Gasteiger partial charge in [0.2, 0.25) is 0 Å². The van der Waals surface area contributed by atoms with Crippen molar-refractivity contribution in [3.8, 4) is 0 Å². The van der Waals surface area contributed by atoms with E-state index in [4.69, 9.17) is 0 Å². The third kappa shape index (κ3) is 10.7. The van der Waals surface area contributed by atoms with Crippen molar-refractivity contribution in [2.45, 2.75) is 71.6 Å². The number of rotatable bonds is 16. The number of hydrogen-bond acceptors (Lipinski definition) is 4. The molecule has 0 N–H and O–H groups in total. The van der Waals surface area contributed by atoms with E-state index in [-0.39, 0.29) is 35.1 Å². The summed E-state index contributed by atoms with van der Waals surface area (Å²) in [7, 11) is -1.04. The van der Waals surface area contributed by atoms with Crippen LogP contribution >= 0.6 is 21.8 Å². The van der Waals surface area contributed by atoms with Gasteiger partial charge in [-0.1, -0.05) is 52.4 Å². The van der Waals surface area contributed by atoms with E-state index < -0.39 is 21.8 Å². The van der Waals surface area contributed by atoms with Gasteiger partial charge in [-0.2, -0.15) is 11.8 Å². The maximum Gasteiger partial charge on any atom is 1.00 e. The Balaban J connectivity index is 0.00000841. The fraction of sp³-hybridized carbons (Fsp3) is 0.818. The molecule has 0 aromatic heterocycles. The van der Waals surface area contributed by atoms with Crippen molar-refractivity contribution in [2.75, 3.05) is 42.2 Å². The zero-order valence-corrected chi connectivity index (χ0v) is 23.5. The Kier molecular flexibility index (Phi) is 16.9. The van der Waals surface area contributed by atoms with E-state index in [0.29, 0.717) is 18.7 Å². The van der Waals surface area contributed by atoms with Crippen LogP contribution in [0.1, 0.15) is 71.6 Å². The van der Waals surface area contributed by atoms with E-state index in [2.05, 4.69) is 26.4 Å². The Morgan fingerprint density at radius 2 is 1.43 bits per heavy atom. The van der Waals surface area contributed by atoms with Crippen molar-refractivity contribution in [3.63, 3.8) is 0 Å². The molecule has 8 heteroatoms. The molecule has 0 unspecified atom stereocenters. The number of amides is 2. The zero-order chi connectivity index (χ0) is 21.7. The Bertz CT molecular complexity index is 544. The van der Waals surface area contributed by atoms with E-state index in [0.717, 1.165) is 30.1 Å². The molecule has 0 saturated carbocycles. The van der Waals surface area contributed by atoms with Gasteiger partial charge in [-0.3, -0.25) is 9.59 Å². The molecule has 1 aliphatic heterocycles. The molecule has 0 atom stereocenters. The fourth-order valence-electron chi connectivity index (χ4n) is 3.40. The second kappa shape index (κ2) is 16.8. The molecule has 2 amide bonds. The second-order valence-electron chi connectivity index (χ2n) is 8.35. The molecule has 0 spiro atoms. The number of carbonyl (C=O) groups excluding carboxylic acids is 2. The first-order valence-electron chi connectivity index (χ1n) is 11.1. The van der Waals surface area contributed by atoms with Crippen LogP contribution in [0, 0.1) is 0 Å². The van der Waals surface area contributed by atoms with Crippen LogP contribution in [0.2, 0.25) is 0 Å². The van der Waals surface area contributed by atoms with Crippen LogP contribution in [-0.4, -0.2) is 64.0 Å². The average Bonchev–Trinajstić information content (AvgIpc) is 2.90. The molecule has 5 nitrogen and oxygen atoms in total. The van der Waals surface area contributed by atoms with Crippen LogP contribution in [-0.2, 0) is 9.59 Å². The van der Waals surface area contributed by atoms with Crippen molar-refractivity contribution in [1.82, 2.24) is 10.0 Å². The Hall–Kier alpha value is 0.180. The number of hydrogen-bond donors (Lipinski definition) is 0. The topological polar surface area (TPSA) is 63.7 Å². The standard InChI is InChI=1S/C22H42N2O3S2.Na/c1-5-7-9-11-15-28-16-13-14-23-21(26)20(18-25)22(27)24(23)19-29(3,4)17-12-10-8-6-2;/h18,25H,5-17,19H2,1-4H3;/q;+1/p-1/b20-18-;. The largest absolute Gasteiger partial charge is 1.00 e. The summed E-state index contributed by atoms with van der Waals surface area (Å²) in [4.78, 5) is 25.2. The molecule has 1 heterocycles. The van der Waals surface area contributed by atoms with Crippen molar-refractivity contribution in [3.05, 3.63) is 11.8 Å². The smallest absolute Gasteiger partial charge is 0.877 e. The van der Waals surface area contributed by atoms with Gasteiger partial charge >= 0.3 is 29.6 Å². The van der Waals surface area contributed by atoms with E-state index in [1.165, 1.54) is 50.0 Å². The maximum atomic E-state index is 12.7. The van der Waals surface area contributed by atoms with E-state index in [9.17, 15) is 14.7 Å². The van der Waals surface area contributed by atoms with Crippen molar-refractivity contribution in [1.29, 1.82) is 0 Å². The van der Waals surface area contributed by atoms with Crippen molar-refractivity contribution >= 4 is 33.6 Å². The molecule has 0 aromatic carbocycles. The summed E-state index contributed by atoms with van der Waals surface area (Å²) in [5.41, 5.74) is -0.210. The van der Waals surface area contributed by atoms with Crippen LogP contribution in [0.3, 0.4) is 0 Å². The van der Waals surface area contributed by atoms with Crippen LogP contribution in [0.25, 0.3) is 0 Å². The number of carbonyl (C=O) groups is 2. The predicted molar refractivity (Wildman–Crippen MR) is 126 cm³/mol. The van der Waals surface area contributed by atoms with Crippen LogP contribution in [0.5, 0.6) is 0 Å². The summed E-state index contributed by atoms with van der Waals surface area (Å²) in [6.07, 6.45) is 15.6. The summed E-state index contributed by atoms with van der Waals surface area (Å²) in [5.74, 6) is 2.94. The van der Waals surface area contributed by atoms with Gasteiger partial charge < -0.3 is 5.11 Å². The fourth-order valence-corrected chi connectivity index (χ4v) is 6.38. The summed E-state index contributed by atoms with van der Waals surface area (Å²) in [6, 6.07) is 0. The predicted octanol–water partition coefficient (Wildman–Crippen LogP) is 1.13. The maximum absolute atomic E-state index is 12.7. The summed E-state index contributed by atoms with van der Waals surface area (Å²) >= 11 is 1.91. The first kappa shape index (κ1) is 30.2. The van der Waals surface area contributed by atoms with E-state index in [1.54, 1.807) is 5.01 Å². The summed E-state index contributed by atoms with van der Waals surface area (Å²) in [5, 5.41) is 14.4. The van der Waals surface area contributed by atoms with Gasteiger partial charge in [0.15, 0.2) is 0 Å². The van der Waals surface area contributed by atoms with Gasteiger partial charge in [-0.15, -0.1) is 6.26 Å². The number of hydrazine groups is 1. The molecular weight excluding hydrogens is 427 g/mol. The molecule has 170 valence electrons. The summed E-state index contributed by atoms with van der Waals surface area (Å²) in [6.45, 7) is 4.92.